The number of nitrogens with one attached hydrogen (secondary N) is 1. The number of benzene rings is 1. The Morgan fingerprint density at radius 1 is 1.24 bits per heavy atom. The van der Waals surface area contributed by atoms with E-state index in [9.17, 15) is 4.79 Å². The van der Waals surface area contributed by atoms with E-state index in [1.54, 1.807) is 12.3 Å². The van der Waals surface area contributed by atoms with Gasteiger partial charge in [0.2, 0.25) is 5.91 Å². The van der Waals surface area contributed by atoms with Crippen molar-refractivity contribution in [3.63, 3.8) is 0 Å². The van der Waals surface area contributed by atoms with Crippen molar-refractivity contribution in [1.82, 2.24) is 4.98 Å². The summed E-state index contributed by atoms with van der Waals surface area (Å²) >= 11 is 0. The second kappa shape index (κ2) is 6.70. The Morgan fingerprint density at radius 2 is 2.05 bits per heavy atom. The van der Waals surface area contributed by atoms with Crippen molar-refractivity contribution in [2.75, 3.05) is 24.3 Å². The average Bonchev–Trinajstić information content (AvgIpc) is 2.48. The Labute approximate surface area is 125 Å². The highest BCUT2D eigenvalue weighted by Gasteiger charge is 2.04. The van der Waals surface area contributed by atoms with Gasteiger partial charge in [0.05, 0.1) is 5.69 Å². The molecule has 0 fully saturated rings. The van der Waals surface area contributed by atoms with E-state index >= 15 is 0 Å². The third kappa shape index (κ3) is 4.18. The summed E-state index contributed by atoms with van der Waals surface area (Å²) in [6, 6.07) is 11.5. The standard InChI is InChI=1S/C17H19N3O/c1-13-12-15(20(2)3)8-9-16(13)19-17(21)10-7-14-6-4-5-11-18-14/h4-12H,1-3H3,(H,19,21). The van der Waals surface area contributed by atoms with Crippen LogP contribution in [0.25, 0.3) is 6.08 Å². The molecule has 0 saturated heterocycles. The largest absolute Gasteiger partial charge is 0.378 e. The molecule has 0 aliphatic rings. The van der Waals surface area contributed by atoms with Crippen LogP contribution in [0.1, 0.15) is 11.3 Å². The second-order valence-electron chi connectivity index (χ2n) is 4.97. The molecule has 1 amide bonds. The predicted octanol–water partition coefficient (Wildman–Crippen LogP) is 3.11. The zero-order valence-electron chi connectivity index (χ0n) is 12.5. The molecule has 0 radical (unpaired) electrons. The third-order valence-corrected chi connectivity index (χ3v) is 3.08. The van der Waals surface area contributed by atoms with Crippen LogP contribution in [-0.4, -0.2) is 25.0 Å². The first kappa shape index (κ1) is 14.8. The van der Waals surface area contributed by atoms with E-state index in [0.717, 1.165) is 22.6 Å². The zero-order valence-corrected chi connectivity index (χ0v) is 12.5. The molecular weight excluding hydrogens is 262 g/mol. The first-order valence-corrected chi connectivity index (χ1v) is 6.74. The van der Waals surface area contributed by atoms with Gasteiger partial charge in [0, 0.05) is 37.7 Å². The Kier molecular flexibility index (Phi) is 4.72. The molecule has 1 aromatic carbocycles. The molecule has 2 aromatic rings. The summed E-state index contributed by atoms with van der Waals surface area (Å²) in [4.78, 5) is 18.1. The molecule has 4 nitrogen and oxygen atoms in total. The number of pyridine rings is 1. The smallest absolute Gasteiger partial charge is 0.248 e. The highest BCUT2D eigenvalue weighted by molar-refractivity contribution is 6.02. The SMILES string of the molecule is Cc1cc(N(C)C)ccc1NC(=O)C=Cc1ccccn1. The molecule has 108 valence electrons. The van der Waals surface area contributed by atoms with Gasteiger partial charge in [-0.25, -0.2) is 0 Å². The molecule has 2 rings (SSSR count). The number of hydrogen-bond acceptors (Lipinski definition) is 3. The topological polar surface area (TPSA) is 45.2 Å². The minimum absolute atomic E-state index is 0.165. The first-order valence-electron chi connectivity index (χ1n) is 6.74. The number of aryl methyl sites for hydroxylation is 1. The molecule has 1 aromatic heterocycles. The average molecular weight is 281 g/mol. The van der Waals surface area contributed by atoms with Crippen LogP contribution in [0.5, 0.6) is 0 Å². The van der Waals surface area contributed by atoms with Gasteiger partial charge in [-0.15, -0.1) is 0 Å². The molecule has 0 atom stereocenters. The van der Waals surface area contributed by atoms with Gasteiger partial charge in [0.15, 0.2) is 0 Å². The number of anilines is 2. The van der Waals surface area contributed by atoms with E-state index < -0.39 is 0 Å². The fourth-order valence-electron chi connectivity index (χ4n) is 1.88. The van der Waals surface area contributed by atoms with Gasteiger partial charge in [-0.05, 0) is 48.9 Å². The summed E-state index contributed by atoms with van der Waals surface area (Å²) < 4.78 is 0. The Hall–Kier alpha value is -2.62. The number of rotatable bonds is 4. The van der Waals surface area contributed by atoms with E-state index in [1.165, 1.54) is 6.08 Å². The van der Waals surface area contributed by atoms with Crippen molar-refractivity contribution < 1.29 is 4.79 Å². The monoisotopic (exact) mass is 281 g/mol. The van der Waals surface area contributed by atoms with Crippen molar-refractivity contribution in [1.29, 1.82) is 0 Å². The van der Waals surface area contributed by atoms with Gasteiger partial charge in [-0.3, -0.25) is 9.78 Å². The lowest BCUT2D eigenvalue weighted by atomic mass is 10.1. The highest BCUT2D eigenvalue weighted by atomic mass is 16.1. The van der Waals surface area contributed by atoms with Crippen LogP contribution >= 0.6 is 0 Å². The van der Waals surface area contributed by atoms with Gasteiger partial charge in [0.25, 0.3) is 0 Å². The van der Waals surface area contributed by atoms with Crippen LogP contribution in [0.3, 0.4) is 0 Å². The molecule has 1 N–H and O–H groups in total. The molecule has 0 saturated carbocycles. The molecule has 1 heterocycles. The minimum Gasteiger partial charge on any atom is -0.378 e. The maximum Gasteiger partial charge on any atom is 0.248 e. The van der Waals surface area contributed by atoms with Crippen LogP contribution < -0.4 is 10.2 Å². The number of carbonyl (C=O) groups excluding carboxylic acids is 1. The molecule has 0 bridgehead atoms. The van der Waals surface area contributed by atoms with Crippen LogP contribution in [0, 0.1) is 6.92 Å². The van der Waals surface area contributed by atoms with E-state index in [1.807, 2.05) is 62.3 Å². The third-order valence-electron chi connectivity index (χ3n) is 3.08. The first-order chi connectivity index (χ1) is 10.1. The summed E-state index contributed by atoms with van der Waals surface area (Å²) in [6.07, 6.45) is 4.88. The molecule has 0 aliphatic heterocycles. The van der Waals surface area contributed by atoms with Gasteiger partial charge >= 0.3 is 0 Å². The lowest BCUT2D eigenvalue weighted by Gasteiger charge is -2.15. The quantitative estimate of drug-likeness (QED) is 0.876. The summed E-state index contributed by atoms with van der Waals surface area (Å²) in [6.45, 7) is 1.98. The van der Waals surface area contributed by atoms with Crippen LogP contribution in [-0.2, 0) is 4.79 Å². The van der Waals surface area contributed by atoms with Crippen LogP contribution in [0.2, 0.25) is 0 Å². The normalized spacial score (nSPS) is 10.6. The van der Waals surface area contributed by atoms with E-state index in [0.29, 0.717) is 0 Å². The predicted molar refractivity (Wildman–Crippen MR) is 87.4 cm³/mol. The van der Waals surface area contributed by atoms with E-state index in [2.05, 4.69) is 10.3 Å². The molecular formula is C17H19N3O. The lowest BCUT2D eigenvalue weighted by Crippen LogP contribution is -2.11. The van der Waals surface area contributed by atoms with Crippen molar-refractivity contribution >= 4 is 23.4 Å². The summed E-state index contributed by atoms with van der Waals surface area (Å²) in [7, 11) is 3.98. The molecule has 0 aliphatic carbocycles. The number of carbonyl (C=O) groups is 1. The molecule has 0 unspecified atom stereocenters. The summed E-state index contributed by atoms with van der Waals surface area (Å²) in [5, 5.41) is 2.87. The van der Waals surface area contributed by atoms with E-state index in [-0.39, 0.29) is 5.91 Å². The van der Waals surface area contributed by atoms with Gasteiger partial charge in [-0.2, -0.15) is 0 Å². The van der Waals surface area contributed by atoms with Gasteiger partial charge in [-0.1, -0.05) is 6.07 Å². The Morgan fingerprint density at radius 3 is 2.67 bits per heavy atom. The fraction of sp³-hybridized carbons (Fsp3) is 0.176. The maximum atomic E-state index is 11.9. The number of aromatic nitrogens is 1. The Bertz CT molecular complexity index is 648. The van der Waals surface area contributed by atoms with Crippen LogP contribution in [0.4, 0.5) is 11.4 Å². The number of amides is 1. The molecule has 4 heteroatoms. The Balaban J connectivity index is 2.05. The van der Waals surface area contributed by atoms with Crippen molar-refractivity contribution in [2.24, 2.45) is 0 Å². The zero-order chi connectivity index (χ0) is 15.2. The van der Waals surface area contributed by atoms with E-state index in [4.69, 9.17) is 0 Å². The second-order valence-corrected chi connectivity index (χ2v) is 4.97. The lowest BCUT2D eigenvalue weighted by molar-refractivity contribution is -0.111. The number of hydrogen-bond donors (Lipinski definition) is 1. The van der Waals surface area contributed by atoms with Crippen LogP contribution in [0.15, 0.2) is 48.7 Å². The van der Waals surface area contributed by atoms with Gasteiger partial charge < -0.3 is 10.2 Å². The van der Waals surface area contributed by atoms with Crippen molar-refractivity contribution in [3.05, 3.63) is 59.9 Å². The van der Waals surface area contributed by atoms with Crippen molar-refractivity contribution in [3.8, 4) is 0 Å². The fourth-order valence-corrected chi connectivity index (χ4v) is 1.88. The van der Waals surface area contributed by atoms with Gasteiger partial charge in [0.1, 0.15) is 0 Å². The summed E-state index contributed by atoms with van der Waals surface area (Å²) in [5.74, 6) is -0.165. The minimum atomic E-state index is -0.165. The number of nitrogens with zero attached hydrogens (tertiary/aromatic N) is 2. The van der Waals surface area contributed by atoms with Crippen molar-refractivity contribution in [2.45, 2.75) is 6.92 Å². The molecule has 21 heavy (non-hydrogen) atoms. The molecule has 0 spiro atoms. The summed E-state index contributed by atoms with van der Waals surface area (Å²) in [5.41, 5.74) is 3.71. The highest BCUT2D eigenvalue weighted by Crippen LogP contribution is 2.21. The maximum absolute atomic E-state index is 11.9.